The van der Waals surface area contributed by atoms with E-state index in [-0.39, 0.29) is 4.88 Å². The molecule has 1 aromatic heterocycles. The van der Waals surface area contributed by atoms with Gasteiger partial charge in [0.1, 0.15) is 10.6 Å². The van der Waals surface area contributed by atoms with Crippen LogP contribution in [0.1, 0.15) is 15.2 Å². The second-order valence-electron chi connectivity index (χ2n) is 3.36. The van der Waals surface area contributed by atoms with Gasteiger partial charge in [0, 0.05) is 0 Å². The van der Waals surface area contributed by atoms with Gasteiger partial charge in [0.2, 0.25) is 0 Å². The highest BCUT2D eigenvalue weighted by atomic mass is 32.1. The summed E-state index contributed by atoms with van der Waals surface area (Å²) in [4.78, 5) is 11.8. The number of hydrogen-bond donors (Lipinski definition) is 0. The van der Waals surface area contributed by atoms with E-state index < -0.39 is 23.5 Å². The highest BCUT2D eigenvalue weighted by molar-refractivity contribution is 7.12. The van der Waals surface area contributed by atoms with Gasteiger partial charge < -0.3 is 4.74 Å². The minimum absolute atomic E-state index is 0.256. The van der Waals surface area contributed by atoms with Crippen molar-refractivity contribution in [2.24, 2.45) is 0 Å². The van der Waals surface area contributed by atoms with Crippen LogP contribution >= 0.6 is 11.3 Å². The van der Waals surface area contributed by atoms with Gasteiger partial charge >= 0.3 is 12.1 Å². The highest BCUT2D eigenvalue weighted by Crippen LogP contribution is 2.36. The topological polar surface area (TPSA) is 26.3 Å². The van der Waals surface area contributed by atoms with Gasteiger partial charge in [0.05, 0.1) is 5.56 Å². The summed E-state index contributed by atoms with van der Waals surface area (Å²) in [6.07, 6.45) is -4.55. The lowest BCUT2D eigenvalue weighted by molar-refractivity contribution is -0.138. The zero-order valence-corrected chi connectivity index (χ0v) is 9.72. The SMILES string of the molecule is O=C(Oc1ccccc1C(F)(F)F)c1cccs1. The Morgan fingerprint density at radius 2 is 1.83 bits per heavy atom. The van der Waals surface area contributed by atoms with E-state index in [0.717, 1.165) is 23.5 Å². The Hall–Kier alpha value is -1.82. The molecule has 1 aromatic carbocycles. The Labute approximate surface area is 105 Å². The molecule has 0 unspecified atom stereocenters. The Kier molecular flexibility index (Phi) is 3.38. The van der Waals surface area contributed by atoms with Crippen LogP contribution in [0.15, 0.2) is 41.8 Å². The average molecular weight is 272 g/mol. The molecular weight excluding hydrogens is 265 g/mol. The fourth-order valence-electron chi connectivity index (χ4n) is 1.33. The molecule has 2 aromatic rings. The molecule has 1 heterocycles. The highest BCUT2D eigenvalue weighted by Gasteiger charge is 2.34. The minimum atomic E-state index is -4.55. The first-order chi connectivity index (χ1) is 8.48. The predicted molar refractivity (Wildman–Crippen MR) is 60.7 cm³/mol. The molecule has 0 spiro atoms. The van der Waals surface area contributed by atoms with Crippen molar-refractivity contribution in [3.8, 4) is 5.75 Å². The van der Waals surface area contributed by atoms with Crippen molar-refractivity contribution in [2.75, 3.05) is 0 Å². The van der Waals surface area contributed by atoms with Crippen LogP contribution in [-0.4, -0.2) is 5.97 Å². The summed E-state index contributed by atoms with van der Waals surface area (Å²) < 4.78 is 42.7. The molecule has 2 nitrogen and oxygen atoms in total. The first kappa shape index (κ1) is 12.6. The van der Waals surface area contributed by atoms with E-state index in [0.29, 0.717) is 0 Å². The van der Waals surface area contributed by atoms with Gasteiger partial charge in [-0.25, -0.2) is 4.79 Å². The molecule has 0 aliphatic rings. The number of thiophene rings is 1. The van der Waals surface area contributed by atoms with Gasteiger partial charge in [-0.2, -0.15) is 13.2 Å². The summed E-state index contributed by atoms with van der Waals surface area (Å²) in [6, 6.07) is 7.73. The molecule has 0 radical (unpaired) electrons. The first-order valence-electron chi connectivity index (χ1n) is 4.90. The van der Waals surface area contributed by atoms with Crippen molar-refractivity contribution >= 4 is 17.3 Å². The molecule has 0 N–H and O–H groups in total. The Morgan fingerprint density at radius 1 is 1.11 bits per heavy atom. The van der Waals surface area contributed by atoms with Gasteiger partial charge in [0.15, 0.2) is 0 Å². The molecule has 0 fully saturated rings. The largest absolute Gasteiger partial charge is 0.422 e. The van der Waals surface area contributed by atoms with Crippen molar-refractivity contribution in [3.63, 3.8) is 0 Å². The third-order valence-electron chi connectivity index (χ3n) is 2.12. The van der Waals surface area contributed by atoms with E-state index >= 15 is 0 Å². The van der Waals surface area contributed by atoms with Crippen molar-refractivity contribution in [2.45, 2.75) is 6.18 Å². The Morgan fingerprint density at radius 3 is 2.44 bits per heavy atom. The lowest BCUT2D eigenvalue weighted by Crippen LogP contribution is -2.12. The zero-order valence-electron chi connectivity index (χ0n) is 8.90. The van der Waals surface area contributed by atoms with E-state index in [9.17, 15) is 18.0 Å². The summed E-state index contributed by atoms with van der Waals surface area (Å²) in [5.74, 6) is -1.27. The third kappa shape index (κ3) is 2.70. The maximum atomic E-state index is 12.7. The number of para-hydroxylation sites is 1. The lowest BCUT2D eigenvalue weighted by Gasteiger charge is -2.11. The molecule has 2 rings (SSSR count). The number of alkyl halides is 3. The molecular formula is C12H7F3O2S. The van der Waals surface area contributed by atoms with E-state index in [1.165, 1.54) is 18.2 Å². The summed E-state index contributed by atoms with van der Waals surface area (Å²) >= 11 is 1.11. The summed E-state index contributed by atoms with van der Waals surface area (Å²) in [5.41, 5.74) is -0.963. The Bertz CT molecular complexity index is 547. The van der Waals surface area contributed by atoms with E-state index in [1.54, 1.807) is 11.4 Å². The van der Waals surface area contributed by atoms with Crippen LogP contribution in [0.3, 0.4) is 0 Å². The third-order valence-corrected chi connectivity index (χ3v) is 2.97. The number of ether oxygens (including phenoxy) is 1. The number of benzene rings is 1. The van der Waals surface area contributed by atoms with Crippen LogP contribution in [0.5, 0.6) is 5.75 Å². The fraction of sp³-hybridized carbons (Fsp3) is 0.0833. The van der Waals surface area contributed by atoms with E-state index in [4.69, 9.17) is 4.74 Å². The summed E-state index contributed by atoms with van der Waals surface area (Å²) in [7, 11) is 0. The number of carbonyl (C=O) groups excluding carboxylic acids is 1. The molecule has 6 heteroatoms. The van der Waals surface area contributed by atoms with Crippen LogP contribution < -0.4 is 4.74 Å². The quantitative estimate of drug-likeness (QED) is 0.610. The van der Waals surface area contributed by atoms with Gasteiger partial charge in [-0.15, -0.1) is 11.3 Å². The first-order valence-corrected chi connectivity index (χ1v) is 5.78. The van der Waals surface area contributed by atoms with Crippen LogP contribution in [0, 0.1) is 0 Å². The van der Waals surface area contributed by atoms with Crippen LogP contribution in [0.4, 0.5) is 13.2 Å². The van der Waals surface area contributed by atoms with Gasteiger partial charge in [-0.3, -0.25) is 0 Å². The van der Waals surface area contributed by atoms with Crippen molar-refractivity contribution in [3.05, 3.63) is 52.2 Å². The van der Waals surface area contributed by atoms with E-state index in [1.807, 2.05) is 0 Å². The standard InChI is InChI=1S/C12H7F3O2S/c13-12(14,15)8-4-1-2-5-9(8)17-11(16)10-6-3-7-18-10/h1-7H. The molecule has 0 saturated heterocycles. The molecule has 18 heavy (non-hydrogen) atoms. The fourth-order valence-corrected chi connectivity index (χ4v) is 1.93. The van der Waals surface area contributed by atoms with Gasteiger partial charge in [0.25, 0.3) is 0 Å². The maximum Gasteiger partial charge on any atom is 0.419 e. The van der Waals surface area contributed by atoms with Gasteiger partial charge in [-0.1, -0.05) is 18.2 Å². The summed E-state index contributed by atoms with van der Waals surface area (Å²) in [6.45, 7) is 0. The van der Waals surface area contributed by atoms with Crippen LogP contribution in [0.25, 0.3) is 0 Å². The molecule has 0 atom stereocenters. The van der Waals surface area contributed by atoms with Gasteiger partial charge in [-0.05, 0) is 23.6 Å². The average Bonchev–Trinajstić information content (AvgIpc) is 2.81. The minimum Gasteiger partial charge on any atom is -0.422 e. The molecule has 0 aliphatic carbocycles. The second kappa shape index (κ2) is 4.81. The van der Waals surface area contributed by atoms with Crippen LogP contribution in [0.2, 0.25) is 0 Å². The number of hydrogen-bond acceptors (Lipinski definition) is 3. The molecule has 0 amide bonds. The molecule has 0 bridgehead atoms. The maximum absolute atomic E-state index is 12.7. The monoisotopic (exact) mass is 272 g/mol. The summed E-state index contributed by atoms with van der Waals surface area (Å²) in [5, 5.41) is 1.65. The second-order valence-corrected chi connectivity index (χ2v) is 4.31. The van der Waals surface area contributed by atoms with Crippen molar-refractivity contribution in [1.29, 1.82) is 0 Å². The van der Waals surface area contributed by atoms with Crippen LogP contribution in [-0.2, 0) is 6.18 Å². The number of rotatable bonds is 2. The van der Waals surface area contributed by atoms with E-state index in [2.05, 4.69) is 0 Å². The Balaban J connectivity index is 2.27. The number of esters is 1. The zero-order chi connectivity index (χ0) is 13.2. The van der Waals surface area contributed by atoms with Crippen molar-refractivity contribution in [1.82, 2.24) is 0 Å². The number of halogens is 3. The molecule has 0 saturated carbocycles. The molecule has 94 valence electrons. The predicted octanol–water partition coefficient (Wildman–Crippen LogP) is 3.99. The smallest absolute Gasteiger partial charge is 0.419 e. The van der Waals surface area contributed by atoms with Crippen molar-refractivity contribution < 1.29 is 22.7 Å². The lowest BCUT2D eigenvalue weighted by atomic mass is 10.2. The molecule has 0 aliphatic heterocycles. The normalized spacial score (nSPS) is 11.3. The number of carbonyl (C=O) groups is 1.